The molecule has 1 saturated heterocycles. The molecule has 214 valence electrons. The van der Waals surface area contributed by atoms with Crippen LogP contribution in [0.3, 0.4) is 0 Å². The van der Waals surface area contributed by atoms with Crippen LogP contribution in [0.2, 0.25) is 0 Å². The lowest BCUT2D eigenvalue weighted by Gasteiger charge is -2.33. The number of H-pyrrole nitrogens is 1. The number of halogens is 3. The van der Waals surface area contributed by atoms with Crippen molar-refractivity contribution in [3.8, 4) is 5.75 Å². The van der Waals surface area contributed by atoms with Gasteiger partial charge in [0.05, 0.1) is 30.4 Å². The Morgan fingerprint density at radius 1 is 1.18 bits per heavy atom. The topological polar surface area (TPSA) is 114 Å². The molecule has 1 fully saturated rings. The summed E-state index contributed by atoms with van der Waals surface area (Å²) in [5.74, 6) is 3.88. The first kappa shape index (κ1) is 28.0. The minimum absolute atomic E-state index is 0.00436. The van der Waals surface area contributed by atoms with Gasteiger partial charge in [0.15, 0.2) is 7.14 Å². The van der Waals surface area contributed by atoms with Crippen molar-refractivity contribution < 1.29 is 31.9 Å². The molecule has 2 aromatic heterocycles. The van der Waals surface area contributed by atoms with E-state index >= 15 is 0 Å². The quantitative estimate of drug-likeness (QED) is 0.233. The van der Waals surface area contributed by atoms with Crippen LogP contribution in [0.4, 0.5) is 30.6 Å². The van der Waals surface area contributed by atoms with E-state index in [2.05, 4.69) is 30.5 Å². The highest BCUT2D eigenvalue weighted by molar-refractivity contribution is 7.77. The Bertz CT molecular complexity index is 1450. The minimum Gasteiger partial charge on any atom is -0.495 e. The summed E-state index contributed by atoms with van der Waals surface area (Å²) < 4.78 is 70.6. The van der Waals surface area contributed by atoms with E-state index in [4.69, 9.17) is 14.2 Å². The van der Waals surface area contributed by atoms with Gasteiger partial charge in [-0.15, -0.1) is 0 Å². The molecule has 0 unspecified atom stereocenters. The largest absolute Gasteiger partial charge is 0.495 e. The summed E-state index contributed by atoms with van der Waals surface area (Å²) in [5, 5.41) is 6.33. The van der Waals surface area contributed by atoms with Crippen LogP contribution >= 0.6 is 7.14 Å². The van der Waals surface area contributed by atoms with E-state index < -0.39 is 18.9 Å². The number of methoxy groups -OCH3 is 2. The second kappa shape index (κ2) is 11.5. The fraction of sp³-hybridized carbons (Fsp3) is 0.385. The molecule has 0 aliphatic carbocycles. The number of alkyl halides is 3. The van der Waals surface area contributed by atoms with Gasteiger partial charge in [0.25, 0.3) is 0 Å². The third kappa shape index (κ3) is 5.81. The Labute approximate surface area is 229 Å². The Kier molecular flexibility index (Phi) is 8.07. The minimum atomic E-state index is -4.59. The van der Waals surface area contributed by atoms with Gasteiger partial charge in [0.1, 0.15) is 17.2 Å². The van der Waals surface area contributed by atoms with Gasteiger partial charge in [-0.2, -0.15) is 23.1 Å². The number of aromatic nitrogens is 3. The lowest BCUT2D eigenvalue weighted by atomic mass is 10.1. The zero-order chi connectivity index (χ0) is 28.3. The summed E-state index contributed by atoms with van der Waals surface area (Å²) in [6, 6.07) is 5.39. The average molecular weight is 579 g/mol. The maximum absolute atomic E-state index is 13.8. The number of fused-ring (bicyclic) bond motifs is 1. The molecule has 1 aromatic carbocycles. The van der Waals surface area contributed by atoms with Crippen LogP contribution in [-0.4, -0.2) is 66.5 Å². The van der Waals surface area contributed by atoms with Crippen molar-refractivity contribution in [3.63, 3.8) is 0 Å². The fourth-order valence-electron chi connectivity index (χ4n) is 4.68. The first-order valence-electron chi connectivity index (χ1n) is 12.7. The Hall–Kier alpha value is -3.54. The smallest absolute Gasteiger partial charge is 0.418 e. The van der Waals surface area contributed by atoms with Crippen molar-refractivity contribution in [2.75, 3.05) is 51.2 Å². The van der Waals surface area contributed by atoms with Gasteiger partial charge in [0, 0.05) is 56.8 Å². The van der Waals surface area contributed by atoms with Crippen LogP contribution in [-0.2, 0) is 20.2 Å². The molecule has 4 heterocycles. The van der Waals surface area contributed by atoms with Gasteiger partial charge in [0.2, 0.25) is 5.95 Å². The number of nitrogens with zero attached hydrogens (tertiary/aromatic N) is 3. The van der Waals surface area contributed by atoms with Gasteiger partial charge in [-0.05, 0) is 42.7 Å². The first-order valence-corrected chi connectivity index (χ1v) is 14.5. The van der Waals surface area contributed by atoms with E-state index in [1.54, 1.807) is 29.8 Å². The number of hydrogen-bond acceptors (Lipinski definition) is 9. The van der Waals surface area contributed by atoms with Crippen molar-refractivity contribution >= 4 is 40.9 Å². The Balaban J connectivity index is 1.41. The zero-order valence-electron chi connectivity index (χ0n) is 22.0. The molecule has 3 aromatic rings. The number of rotatable bonds is 9. The molecule has 3 N–H and O–H groups in total. The maximum atomic E-state index is 13.8. The molecule has 0 amide bonds. The van der Waals surface area contributed by atoms with E-state index in [0.717, 1.165) is 19.0 Å². The lowest BCUT2D eigenvalue weighted by Crippen LogP contribution is -2.33. The third-order valence-electron chi connectivity index (χ3n) is 6.80. The summed E-state index contributed by atoms with van der Waals surface area (Å²) in [7, 11) is -0.00514. The maximum Gasteiger partial charge on any atom is 0.418 e. The predicted octanol–water partition coefficient (Wildman–Crippen LogP) is 5.21. The third-order valence-corrected chi connectivity index (χ3v) is 9.04. The van der Waals surface area contributed by atoms with Crippen molar-refractivity contribution in [1.29, 1.82) is 0 Å². The molecule has 40 heavy (non-hydrogen) atoms. The lowest BCUT2D eigenvalue weighted by molar-refractivity contribution is -0.136. The Morgan fingerprint density at radius 2 is 1.93 bits per heavy atom. The molecular weight excluding hydrogens is 548 g/mol. The zero-order valence-corrected chi connectivity index (χ0v) is 22.9. The number of hydrogen-bond donors (Lipinski definition) is 3. The second-order valence-electron chi connectivity index (χ2n) is 9.35. The molecule has 0 bridgehead atoms. The van der Waals surface area contributed by atoms with Gasteiger partial charge in [-0.25, -0.2) is 0 Å². The highest BCUT2D eigenvalue weighted by atomic mass is 31.2. The molecular formula is C26H30F3N6O4P. The molecule has 5 rings (SSSR count). The summed E-state index contributed by atoms with van der Waals surface area (Å²) in [6.07, 6.45) is 1.82. The van der Waals surface area contributed by atoms with E-state index in [1.807, 2.05) is 12.4 Å². The second-order valence-corrected chi connectivity index (χ2v) is 11.9. The number of aromatic amines is 1. The van der Waals surface area contributed by atoms with Crippen LogP contribution in [0.15, 0.2) is 48.4 Å². The highest BCUT2D eigenvalue weighted by Gasteiger charge is 2.35. The van der Waals surface area contributed by atoms with E-state index in [-0.39, 0.29) is 36.0 Å². The van der Waals surface area contributed by atoms with E-state index in [9.17, 15) is 17.7 Å². The molecule has 2 aliphatic rings. The SMILES string of the molecule is COCCNc1nc(Nc2ccc(P3(=O)C=CN(C4CCOCC4)C=C3)cc2OC)nc2[nH]cc(C(F)(F)F)c12. The van der Waals surface area contributed by atoms with Crippen LogP contribution in [0.1, 0.15) is 18.4 Å². The normalized spacial score (nSPS) is 17.4. The first-order chi connectivity index (χ1) is 19.2. The van der Waals surface area contributed by atoms with E-state index in [1.165, 1.54) is 14.2 Å². The van der Waals surface area contributed by atoms with E-state index in [0.29, 0.717) is 36.0 Å². The molecule has 10 nitrogen and oxygen atoms in total. The number of nitrogens with one attached hydrogen (secondary N) is 3. The molecule has 0 spiro atoms. The van der Waals surface area contributed by atoms with Crippen molar-refractivity contribution in [2.24, 2.45) is 0 Å². The predicted molar refractivity (Wildman–Crippen MR) is 147 cm³/mol. The van der Waals surface area contributed by atoms with Gasteiger partial charge in [-0.3, -0.25) is 0 Å². The molecule has 14 heteroatoms. The standard InChI is InChI=1S/C26H30F3N6O4P/c1-37-12-7-30-23-22-19(26(27,28)29)16-31-24(22)34-25(33-23)32-20-4-3-18(15-21(20)38-2)40(36)13-8-35(9-14-40)17-5-10-39-11-6-17/h3-4,8-9,13-17H,5-7,10-12H2,1-2H3,(H3,30,31,32,33,34). The summed E-state index contributed by atoms with van der Waals surface area (Å²) in [6.45, 7) is 1.93. The molecule has 2 aliphatic heterocycles. The summed E-state index contributed by atoms with van der Waals surface area (Å²) >= 11 is 0. The van der Waals surface area contributed by atoms with Crippen molar-refractivity contribution in [1.82, 2.24) is 19.9 Å². The average Bonchev–Trinajstić information content (AvgIpc) is 3.39. The summed E-state index contributed by atoms with van der Waals surface area (Å²) in [5.41, 5.74) is -0.405. The van der Waals surface area contributed by atoms with Crippen LogP contribution in [0, 0.1) is 0 Å². The van der Waals surface area contributed by atoms with Gasteiger partial charge < -0.3 is 39.3 Å². The van der Waals surface area contributed by atoms with Gasteiger partial charge in [-0.1, -0.05) is 0 Å². The molecule has 0 atom stereocenters. The highest BCUT2D eigenvalue weighted by Crippen LogP contribution is 2.51. The number of anilines is 3. The van der Waals surface area contributed by atoms with Crippen molar-refractivity contribution in [3.05, 3.63) is 54.0 Å². The Morgan fingerprint density at radius 3 is 2.60 bits per heavy atom. The fourth-order valence-corrected chi connectivity index (χ4v) is 6.46. The van der Waals surface area contributed by atoms with Crippen LogP contribution in [0.5, 0.6) is 5.75 Å². The van der Waals surface area contributed by atoms with Crippen molar-refractivity contribution in [2.45, 2.75) is 25.1 Å². The summed E-state index contributed by atoms with van der Waals surface area (Å²) in [4.78, 5) is 13.2. The molecule has 0 saturated carbocycles. The number of ether oxygens (including phenoxy) is 3. The van der Waals surface area contributed by atoms with Crippen LogP contribution in [0.25, 0.3) is 11.0 Å². The van der Waals surface area contributed by atoms with Crippen LogP contribution < -0.4 is 20.7 Å². The number of benzene rings is 1. The van der Waals surface area contributed by atoms with Gasteiger partial charge >= 0.3 is 6.18 Å². The monoisotopic (exact) mass is 578 g/mol. The molecule has 0 radical (unpaired) electrons.